The molecule has 1 heterocycles. The Balaban J connectivity index is 1.99. The molecule has 0 aliphatic rings. The molecule has 5 nitrogen and oxygen atoms in total. The van der Waals surface area contributed by atoms with E-state index in [9.17, 15) is 13.2 Å². The van der Waals surface area contributed by atoms with E-state index in [0.29, 0.717) is 15.7 Å². The van der Waals surface area contributed by atoms with Crippen LogP contribution < -0.4 is 4.72 Å². The van der Waals surface area contributed by atoms with E-state index in [1.807, 2.05) is 0 Å². The largest absolute Gasteiger partial charge is 0.288 e. The van der Waals surface area contributed by atoms with Crippen LogP contribution in [-0.2, 0) is 15.4 Å². The van der Waals surface area contributed by atoms with Crippen molar-refractivity contribution < 1.29 is 13.2 Å². The zero-order valence-electron chi connectivity index (χ0n) is 17.2. The van der Waals surface area contributed by atoms with Crippen LogP contribution in [0.3, 0.4) is 0 Å². The summed E-state index contributed by atoms with van der Waals surface area (Å²) in [4.78, 5) is 17.4. The number of pyridine rings is 1. The number of halogens is 1. The molecule has 156 valence electrons. The Morgan fingerprint density at radius 2 is 1.67 bits per heavy atom. The third-order valence-corrected chi connectivity index (χ3v) is 6.63. The number of ketones is 1. The topological polar surface area (TPSA) is 76.1 Å². The van der Waals surface area contributed by atoms with Gasteiger partial charge in [-0.2, -0.15) is 0 Å². The van der Waals surface area contributed by atoms with Crippen molar-refractivity contribution >= 4 is 37.4 Å². The van der Waals surface area contributed by atoms with E-state index in [1.165, 1.54) is 0 Å². The lowest BCUT2D eigenvalue weighted by Gasteiger charge is -2.19. The van der Waals surface area contributed by atoms with Crippen LogP contribution in [0.1, 0.15) is 48.0 Å². The average Bonchev–Trinajstić information content (AvgIpc) is 2.68. The Hall–Kier alpha value is -2.51. The second-order valence-corrected chi connectivity index (χ2v) is 10.6. The fraction of sp³-hybridized carbons (Fsp3) is 0.217. The second-order valence-electron chi connectivity index (χ2n) is 8.04. The molecule has 3 rings (SSSR count). The van der Waals surface area contributed by atoms with Crippen LogP contribution in [0.5, 0.6) is 0 Å². The molecule has 3 aromatic rings. The van der Waals surface area contributed by atoms with Crippen LogP contribution in [0.4, 0.5) is 5.69 Å². The van der Waals surface area contributed by atoms with Crippen LogP contribution in [0, 0.1) is 6.92 Å². The Labute approximate surface area is 185 Å². The Morgan fingerprint density at radius 3 is 2.27 bits per heavy atom. The Morgan fingerprint density at radius 1 is 1.00 bits per heavy atom. The van der Waals surface area contributed by atoms with E-state index in [4.69, 9.17) is 0 Å². The van der Waals surface area contributed by atoms with Gasteiger partial charge in [0.05, 0.1) is 10.6 Å². The second kappa shape index (κ2) is 8.32. The summed E-state index contributed by atoms with van der Waals surface area (Å²) in [5.74, 6) is -0.303. The summed E-state index contributed by atoms with van der Waals surface area (Å²) in [5.41, 5.74) is 2.41. The summed E-state index contributed by atoms with van der Waals surface area (Å²) in [6.45, 7) is 7.94. The van der Waals surface area contributed by atoms with Gasteiger partial charge in [-0.15, -0.1) is 0 Å². The van der Waals surface area contributed by atoms with Gasteiger partial charge in [0.15, 0.2) is 5.78 Å². The van der Waals surface area contributed by atoms with Crippen LogP contribution in [0.15, 0.2) is 70.2 Å². The number of nitrogens with one attached hydrogen (secondary N) is 1. The summed E-state index contributed by atoms with van der Waals surface area (Å²) >= 11 is 3.36. The van der Waals surface area contributed by atoms with Crippen molar-refractivity contribution in [3.05, 3.63) is 87.7 Å². The van der Waals surface area contributed by atoms with Crippen LogP contribution in [-0.4, -0.2) is 19.2 Å². The lowest BCUT2D eigenvalue weighted by Crippen LogP contribution is -2.17. The Kier molecular flexibility index (Phi) is 6.15. The average molecular weight is 487 g/mol. The van der Waals surface area contributed by atoms with Gasteiger partial charge >= 0.3 is 0 Å². The summed E-state index contributed by atoms with van der Waals surface area (Å²) in [5, 5.41) is 0. The molecular formula is C23H23BrN2O3S. The molecule has 0 aliphatic heterocycles. The van der Waals surface area contributed by atoms with Gasteiger partial charge in [-0.05, 0) is 60.4 Å². The van der Waals surface area contributed by atoms with Gasteiger partial charge in [0, 0.05) is 27.5 Å². The van der Waals surface area contributed by atoms with Crippen molar-refractivity contribution in [3.8, 4) is 0 Å². The molecular weight excluding hydrogens is 464 g/mol. The van der Waals surface area contributed by atoms with Crippen LogP contribution >= 0.6 is 15.9 Å². The highest BCUT2D eigenvalue weighted by atomic mass is 79.9. The smallest absolute Gasteiger partial charge is 0.261 e. The number of nitrogens with zero attached hydrogens (tertiary/aromatic N) is 1. The molecule has 0 atom stereocenters. The molecule has 1 N–H and O–H groups in total. The van der Waals surface area contributed by atoms with E-state index in [-0.39, 0.29) is 27.3 Å². The minimum absolute atomic E-state index is 0.0808. The van der Waals surface area contributed by atoms with Crippen molar-refractivity contribution in [2.24, 2.45) is 0 Å². The first-order valence-electron chi connectivity index (χ1n) is 9.38. The first-order valence-corrected chi connectivity index (χ1v) is 11.7. The minimum Gasteiger partial charge on any atom is -0.288 e. The standard InChI is InChI=1S/C23H23BrN2O3S/c1-15-19(6-5-13-25-15)22(27)20-14-17(24)9-12-21(20)26-30(28,29)18-10-7-16(8-11-18)23(2,3)4/h5-14,26H,1-4H3. The van der Waals surface area contributed by atoms with E-state index in [1.54, 1.807) is 67.7 Å². The molecule has 0 aliphatic carbocycles. The first-order chi connectivity index (χ1) is 14.0. The number of aromatic nitrogens is 1. The normalized spacial score (nSPS) is 11.9. The molecule has 7 heteroatoms. The predicted octanol–water partition coefficient (Wildman–Crippen LogP) is 5.48. The van der Waals surface area contributed by atoms with Gasteiger partial charge in [0.1, 0.15) is 0 Å². The quantitative estimate of drug-likeness (QED) is 0.484. The highest BCUT2D eigenvalue weighted by molar-refractivity contribution is 9.10. The Bertz CT molecular complexity index is 1200. The van der Waals surface area contributed by atoms with Gasteiger partial charge in [-0.1, -0.05) is 48.8 Å². The number of benzene rings is 2. The zero-order valence-corrected chi connectivity index (χ0v) is 19.6. The summed E-state index contributed by atoms with van der Waals surface area (Å²) < 4.78 is 29.2. The van der Waals surface area contributed by atoms with Gasteiger partial charge in [-0.3, -0.25) is 14.5 Å². The van der Waals surface area contributed by atoms with E-state index in [2.05, 4.69) is 46.4 Å². The highest BCUT2D eigenvalue weighted by Gasteiger charge is 2.22. The fourth-order valence-corrected chi connectivity index (χ4v) is 4.44. The van der Waals surface area contributed by atoms with Crippen LogP contribution in [0.2, 0.25) is 0 Å². The minimum atomic E-state index is -3.87. The van der Waals surface area contributed by atoms with Gasteiger partial charge in [-0.25, -0.2) is 8.42 Å². The van der Waals surface area contributed by atoms with Crippen molar-refractivity contribution in [1.29, 1.82) is 0 Å². The van der Waals surface area contributed by atoms with Crippen molar-refractivity contribution in [3.63, 3.8) is 0 Å². The molecule has 0 fully saturated rings. The molecule has 30 heavy (non-hydrogen) atoms. The fourth-order valence-electron chi connectivity index (χ4n) is 3.00. The molecule has 0 spiro atoms. The number of anilines is 1. The number of aryl methyl sites for hydroxylation is 1. The molecule has 0 unspecified atom stereocenters. The molecule has 2 aromatic carbocycles. The maximum Gasteiger partial charge on any atom is 0.261 e. The lowest BCUT2D eigenvalue weighted by molar-refractivity contribution is 0.103. The molecule has 0 saturated carbocycles. The first kappa shape index (κ1) is 22.2. The molecule has 1 aromatic heterocycles. The third kappa shape index (κ3) is 4.79. The van der Waals surface area contributed by atoms with Crippen molar-refractivity contribution in [1.82, 2.24) is 4.98 Å². The van der Waals surface area contributed by atoms with E-state index in [0.717, 1.165) is 5.56 Å². The lowest BCUT2D eigenvalue weighted by atomic mass is 9.87. The number of rotatable bonds is 5. The van der Waals surface area contributed by atoms with E-state index < -0.39 is 10.0 Å². The van der Waals surface area contributed by atoms with Gasteiger partial charge in [0.2, 0.25) is 0 Å². The van der Waals surface area contributed by atoms with Gasteiger partial charge < -0.3 is 0 Å². The summed E-state index contributed by atoms with van der Waals surface area (Å²) in [7, 11) is -3.87. The molecule has 0 saturated heterocycles. The van der Waals surface area contributed by atoms with E-state index >= 15 is 0 Å². The number of sulfonamides is 1. The summed E-state index contributed by atoms with van der Waals surface area (Å²) in [6, 6.07) is 15.0. The number of hydrogen-bond acceptors (Lipinski definition) is 4. The van der Waals surface area contributed by atoms with Crippen molar-refractivity contribution in [2.75, 3.05) is 4.72 Å². The maximum absolute atomic E-state index is 13.1. The summed E-state index contributed by atoms with van der Waals surface area (Å²) in [6.07, 6.45) is 1.61. The third-order valence-electron chi connectivity index (χ3n) is 4.75. The number of carbonyl (C=O) groups excluding carboxylic acids is 1. The van der Waals surface area contributed by atoms with Gasteiger partial charge in [0.25, 0.3) is 10.0 Å². The molecule has 0 bridgehead atoms. The SMILES string of the molecule is Cc1ncccc1C(=O)c1cc(Br)ccc1NS(=O)(=O)c1ccc(C(C)(C)C)cc1. The number of hydrogen-bond donors (Lipinski definition) is 1. The highest BCUT2D eigenvalue weighted by Crippen LogP contribution is 2.28. The van der Waals surface area contributed by atoms with Crippen molar-refractivity contribution in [2.45, 2.75) is 38.0 Å². The maximum atomic E-state index is 13.1. The molecule has 0 amide bonds. The monoisotopic (exact) mass is 486 g/mol. The zero-order chi connectivity index (χ0) is 22.1. The van der Waals surface area contributed by atoms with Crippen LogP contribution in [0.25, 0.3) is 0 Å². The number of carbonyl (C=O) groups is 1. The predicted molar refractivity (Wildman–Crippen MR) is 122 cm³/mol. The molecule has 0 radical (unpaired) electrons.